The number of nitrogens with zero attached hydrogens (tertiary/aromatic N) is 1. The highest BCUT2D eigenvalue weighted by molar-refractivity contribution is 5.88. The lowest BCUT2D eigenvalue weighted by atomic mass is 9.98. The summed E-state index contributed by atoms with van der Waals surface area (Å²) < 4.78 is 35.9. The highest BCUT2D eigenvalue weighted by Crippen LogP contribution is 2.36. The summed E-state index contributed by atoms with van der Waals surface area (Å²) in [4.78, 5) is 2.41. The highest BCUT2D eigenvalue weighted by atomic mass is 19.1. The van der Waals surface area contributed by atoms with Gasteiger partial charge in [0.1, 0.15) is 11.6 Å². The molecule has 1 aliphatic heterocycles. The average molecular weight is 448 g/mol. The highest BCUT2D eigenvalue weighted by Gasteiger charge is 2.21. The summed E-state index contributed by atoms with van der Waals surface area (Å²) in [5, 5.41) is 0.965. The molecule has 1 aromatic heterocycles. The topological polar surface area (TPSA) is 44.1 Å². The average Bonchev–Trinajstić information content (AvgIpc) is 3.27. The Balaban J connectivity index is 1.42. The van der Waals surface area contributed by atoms with Gasteiger partial charge in [0.05, 0.1) is 21.3 Å². The Hall–Kier alpha value is -3.51. The Kier molecular flexibility index (Phi) is 5.68. The second-order valence-electron chi connectivity index (χ2n) is 8.27. The molecule has 0 saturated heterocycles. The fourth-order valence-electron chi connectivity index (χ4n) is 4.51. The van der Waals surface area contributed by atoms with Crippen molar-refractivity contribution in [1.82, 2.24) is 4.90 Å². The van der Waals surface area contributed by atoms with Gasteiger partial charge in [0, 0.05) is 30.6 Å². The number of methoxy groups -OCH3 is 3. The van der Waals surface area contributed by atoms with E-state index in [1.54, 1.807) is 33.5 Å². The fraction of sp³-hybridized carbons (Fsp3) is 0.259. The fourth-order valence-corrected chi connectivity index (χ4v) is 4.51. The number of fused-ring (bicyclic) bond motifs is 2. The Labute approximate surface area is 192 Å². The molecule has 0 fully saturated rings. The molecule has 0 bridgehead atoms. The number of hydrogen-bond donors (Lipinski definition) is 0. The van der Waals surface area contributed by atoms with Crippen LogP contribution in [0.15, 0.2) is 59.0 Å². The molecule has 0 amide bonds. The Morgan fingerprint density at radius 3 is 2.24 bits per heavy atom. The van der Waals surface area contributed by atoms with Gasteiger partial charge < -0.3 is 18.6 Å². The van der Waals surface area contributed by atoms with Crippen LogP contribution < -0.4 is 14.2 Å². The molecule has 0 spiro atoms. The molecule has 0 radical (unpaired) electrons. The van der Waals surface area contributed by atoms with Crippen LogP contribution in [0.2, 0.25) is 0 Å². The van der Waals surface area contributed by atoms with Crippen LogP contribution in [0.3, 0.4) is 0 Å². The third-order valence-electron chi connectivity index (χ3n) is 6.19. The third-order valence-corrected chi connectivity index (χ3v) is 6.19. The first-order valence-corrected chi connectivity index (χ1v) is 10.9. The van der Waals surface area contributed by atoms with Gasteiger partial charge in [0.25, 0.3) is 0 Å². The molecule has 0 unspecified atom stereocenters. The third kappa shape index (κ3) is 4.14. The van der Waals surface area contributed by atoms with Gasteiger partial charge in [0.15, 0.2) is 22.8 Å². The standard InChI is InChI=1S/C27H26FNO4/c1-30-24-12-19-8-9-29(16-21(19)14-25(24)31-2)15-17-10-20-13-23(18-4-6-22(28)7-5-18)33-27(20)26(11-17)32-3/h4-7,10-14H,8-9,15-16H2,1-3H3. The van der Waals surface area contributed by atoms with E-state index in [2.05, 4.69) is 23.1 Å². The maximum absolute atomic E-state index is 13.3. The maximum Gasteiger partial charge on any atom is 0.176 e. The molecule has 2 heterocycles. The van der Waals surface area contributed by atoms with Gasteiger partial charge in [-0.2, -0.15) is 0 Å². The quantitative estimate of drug-likeness (QED) is 0.373. The molecule has 0 atom stereocenters. The van der Waals surface area contributed by atoms with E-state index in [0.717, 1.165) is 54.1 Å². The van der Waals surface area contributed by atoms with Gasteiger partial charge in [-0.1, -0.05) is 0 Å². The van der Waals surface area contributed by atoms with Crippen molar-refractivity contribution >= 4 is 11.0 Å². The van der Waals surface area contributed by atoms with Crippen LogP contribution in [-0.4, -0.2) is 32.8 Å². The van der Waals surface area contributed by atoms with Crippen LogP contribution in [0.5, 0.6) is 17.2 Å². The van der Waals surface area contributed by atoms with Crippen molar-refractivity contribution in [1.29, 1.82) is 0 Å². The number of benzene rings is 3. The first kappa shape index (κ1) is 21.3. The summed E-state index contributed by atoms with van der Waals surface area (Å²) in [5.74, 6) is 2.65. The van der Waals surface area contributed by atoms with Crippen LogP contribution in [0.4, 0.5) is 4.39 Å². The van der Waals surface area contributed by atoms with E-state index >= 15 is 0 Å². The monoisotopic (exact) mass is 447 g/mol. The second-order valence-corrected chi connectivity index (χ2v) is 8.27. The Morgan fingerprint density at radius 1 is 0.848 bits per heavy atom. The van der Waals surface area contributed by atoms with Gasteiger partial charge in [-0.15, -0.1) is 0 Å². The zero-order valence-corrected chi connectivity index (χ0v) is 19.0. The summed E-state index contributed by atoms with van der Waals surface area (Å²) in [6.45, 7) is 2.58. The predicted molar refractivity (Wildman–Crippen MR) is 126 cm³/mol. The van der Waals surface area contributed by atoms with E-state index < -0.39 is 0 Å². The smallest absolute Gasteiger partial charge is 0.176 e. The van der Waals surface area contributed by atoms with Crippen molar-refractivity contribution in [3.8, 4) is 28.6 Å². The minimum Gasteiger partial charge on any atom is -0.493 e. The summed E-state index contributed by atoms with van der Waals surface area (Å²) >= 11 is 0. The van der Waals surface area contributed by atoms with Crippen molar-refractivity contribution in [2.24, 2.45) is 0 Å². The van der Waals surface area contributed by atoms with Crippen molar-refractivity contribution in [2.45, 2.75) is 19.5 Å². The molecular weight excluding hydrogens is 421 g/mol. The van der Waals surface area contributed by atoms with Gasteiger partial charge in [-0.3, -0.25) is 4.90 Å². The van der Waals surface area contributed by atoms with E-state index in [1.807, 2.05) is 12.1 Å². The number of hydrogen-bond acceptors (Lipinski definition) is 5. The molecule has 4 aromatic rings. The van der Waals surface area contributed by atoms with Gasteiger partial charge in [-0.05, 0) is 77.7 Å². The minimum absolute atomic E-state index is 0.270. The van der Waals surface area contributed by atoms with Crippen LogP contribution in [-0.2, 0) is 19.5 Å². The van der Waals surface area contributed by atoms with Crippen LogP contribution in [0.25, 0.3) is 22.3 Å². The maximum atomic E-state index is 13.3. The van der Waals surface area contributed by atoms with E-state index in [1.165, 1.54) is 23.3 Å². The summed E-state index contributed by atoms with van der Waals surface area (Å²) in [6.07, 6.45) is 0.954. The van der Waals surface area contributed by atoms with E-state index in [-0.39, 0.29) is 5.82 Å². The zero-order valence-electron chi connectivity index (χ0n) is 19.0. The molecule has 5 nitrogen and oxygen atoms in total. The first-order chi connectivity index (χ1) is 16.1. The normalized spacial score (nSPS) is 13.7. The number of rotatable bonds is 6. The van der Waals surface area contributed by atoms with Crippen molar-refractivity contribution < 1.29 is 23.0 Å². The number of ether oxygens (including phenoxy) is 3. The Bertz CT molecular complexity index is 1300. The first-order valence-electron chi connectivity index (χ1n) is 10.9. The molecular formula is C27H26FNO4. The molecule has 0 aliphatic carbocycles. The number of halogens is 1. The van der Waals surface area contributed by atoms with Crippen LogP contribution >= 0.6 is 0 Å². The van der Waals surface area contributed by atoms with Crippen molar-refractivity contribution in [3.05, 3.63) is 77.1 Å². The van der Waals surface area contributed by atoms with E-state index in [4.69, 9.17) is 18.6 Å². The predicted octanol–water partition coefficient (Wildman–Crippen LogP) is 5.82. The largest absolute Gasteiger partial charge is 0.493 e. The number of furan rings is 1. The molecule has 0 N–H and O–H groups in total. The van der Waals surface area contributed by atoms with Crippen LogP contribution in [0.1, 0.15) is 16.7 Å². The minimum atomic E-state index is -0.270. The molecule has 1 aliphatic rings. The van der Waals surface area contributed by atoms with Gasteiger partial charge in [-0.25, -0.2) is 4.39 Å². The molecule has 0 saturated carbocycles. The summed E-state index contributed by atoms with van der Waals surface area (Å²) in [6, 6.07) is 16.6. The molecule has 170 valence electrons. The van der Waals surface area contributed by atoms with Crippen molar-refractivity contribution in [2.75, 3.05) is 27.9 Å². The molecule has 33 heavy (non-hydrogen) atoms. The van der Waals surface area contributed by atoms with Gasteiger partial charge >= 0.3 is 0 Å². The molecule has 5 rings (SSSR count). The summed E-state index contributed by atoms with van der Waals surface area (Å²) in [5.41, 5.74) is 5.23. The zero-order chi connectivity index (χ0) is 22.9. The lowest BCUT2D eigenvalue weighted by molar-refractivity contribution is 0.244. The summed E-state index contributed by atoms with van der Waals surface area (Å²) in [7, 11) is 4.98. The van der Waals surface area contributed by atoms with Crippen LogP contribution in [0, 0.1) is 5.82 Å². The van der Waals surface area contributed by atoms with E-state index in [0.29, 0.717) is 17.1 Å². The molecule has 3 aromatic carbocycles. The Morgan fingerprint density at radius 2 is 1.55 bits per heavy atom. The molecule has 6 heteroatoms. The lowest BCUT2D eigenvalue weighted by Crippen LogP contribution is -2.30. The second kappa shape index (κ2) is 8.79. The lowest BCUT2D eigenvalue weighted by Gasteiger charge is -2.29. The van der Waals surface area contributed by atoms with Gasteiger partial charge in [0.2, 0.25) is 0 Å². The SMILES string of the molecule is COc1cc2c(cc1OC)CN(Cc1cc(OC)c3oc(-c4ccc(F)cc4)cc3c1)CC2. The van der Waals surface area contributed by atoms with Crippen molar-refractivity contribution in [3.63, 3.8) is 0 Å². The van der Waals surface area contributed by atoms with E-state index in [9.17, 15) is 4.39 Å².